The number of rotatable bonds is 5. The summed E-state index contributed by atoms with van der Waals surface area (Å²) >= 11 is 1.17. The molecule has 1 heterocycles. The number of ether oxygens (including phenoxy) is 1. The summed E-state index contributed by atoms with van der Waals surface area (Å²) in [5.74, 6) is 0.285. The van der Waals surface area contributed by atoms with E-state index < -0.39 is 0 Å². The Morgan fingerprint density at radius 3 is 2.67 bits per heavy atom. The predicted molar refractivity (Wildman–Crippen MR) is 94.9 cm³/mol. The number of ketones is 1. The zero-order valence-corrected chi connectivity index (χ0v) is 14.1. The van der Waals surface area contributed by atoms with Gasteiger partial charge in [0.05, 0.1) is 10.6 Å². The lowest BCUT2D eigenvalue weighted by atomic mass is 10.1. The minimum absolute atomic E-state index is 0.0579. The molecule has 3 aromatic rings. The first-order chi connectivity index (χ1) is 11.5. The maximum absolute atomic E-state index is 12.1. The van der Waals surface area contributed by atoms with Crippen molar-refractivity contribution in [2.75, 3.05) is 11.9 Å². The number of carbonyl (C=O) groups is 2. The van der Waals surface area contributed by atoms with Crippen molar-refractivity contribution in [2.24, 2.45) is 0 Å². The van der Waals surface area contributed by atoms with Gasteiger partial charge in [-0.1, -0.05) is 47.7 Å². The number of nitrogens with one attached hydrogen (secondary N) is 1. The summed E-state index contributed by atoms with van der Waals surface area (Å²) < 4.78 is 5.64. The van der Waals surface area contributed by atoms with Gasteiger partial charge >= 0.3 is 0 Å². The number of amides is 1. The molecule has 0 fully saturated rings. The largest absolute Gasteiger partial charge is 0.483 e. The Bertz CT molecular complexity index is 912. The second-order valence-electron chi connectivity index (χ2n) is 5.30. The van der Waals surface area contributed by atoms with Crippen molar-refractivity contribution < 1.29 is 14.3 Å². The minimum Gasteiger partial charge on any atom is -0.483 e. The Morgan fingerprint density at radius 1 is 1.17 bits per heavy atom. The number of hydrogen-bond acceptors (Lipinski definition) is 5. The molecule has 1 amide bonds. The summed E-state index contributed by atoms with van der Waals surface area (Å²) in [4.78, 5) is 28.2. The molecule has 0 saturated heterocycles. The van der Waals surface area contributed by atoms with E-state index in [1.165, 1.54) is 18.3 Å². The van der Waals surface area contributed by atoms with Crippen LogP contribution in [0.3, 0.4) is 0 Å². The highest BCUT2D eigenvalue weighted by atomic mass is 32.1. The molecule has 1 aromatic heterocycles. The molecule has 0 aliphatic heterocycles. The van der Waals surface area contributed by atoms with E-state index >= 15 is 0 Å². The second-order valence-corrected chi connectivity index (χ2v) is 6.30. The monoisotopic (exact) mass is 340 g/mol. The number of fused-ring (bicyclic) bond motifs is 1. The van der Waals surface area contributed by atoms with Crippen molar-refractivity contribution in [3.05, 3.63) is 53.0 Å². The van der Waals surface area contributed by atoms with E-state index in [1.54, 1.807) is 6.92 Å². The van der Waals surface area contributed by atoms with E-state index in [1.807, 2.05) is 42.5 Å². The van der Waals surface area contributed by atoms with Crippen LogP contribution in [0.15, 0.2) is 42.5 Å². The van der Waals surface area contributed by atoms with Crippen LogP contribution in [0.1, 0.15) is 22.3 Å². The van der Waals surface area contributed by atoms with Gasteiger partial charge in [0.2, 0.25) is 0 Å². The molecule has 0 unspecified atom stereocenters. The van der Waals surface area contributed by atoms with Crippen LogP contribution in [-0.4, -0.2) is 23.3 Å². The number of Topliss-reactive ketones (excluding diaryl/α,β-unsaturated/α-hetero) is 1. The molecule has 0 spiro atoms. The fourth-order valence-electron chi connectivity index (χ4n) is 2.40. The third-order valence-electron chi connectivity index (χ3n) is 3.47. The number of thiazole rings is 1. The number of anilines is 1. The lowest BCUT2D eigenvalue weighted by molar-refractivity contribution is -0.118. The normalized spacial score (nSPS) is 10.6. The first kappa shape index (κ1) is 16.1. The minimum atomic E-state index is -0.313. The van der Waals surface area contributed by atoms with Gasteiger partial charge < -0.3 is 4.74 Å². The molecule has 0 aliphatic rings. The third-order valence-corrected chi connectivity index (χ3v) is 4.64. The van der Waals surface area contributed by atoms with E-state index in [0.717, 1.165) is 10.8 Å². The van der Waals surface area contributed by atoms with Crippen LogP contribution in [0.5, 0.6) is 5.75 Å². The summed E-state index contributed by atoms with van der Waals surface area (Å²) in [7, 11) is 0. The van der Waals surface area contributed by atoms with Crippen molar-refractivity contribution >= 4 is 38.9 Å². The zero-order valence-electron chi connectivity index (χ0n) is 13.3. The first-order valence-corrected chi connectivity index (χ1v) is 8.25. The molecule has 2 aromatic carbocycles. The lowest BCUT2D eigenvalue weighted by Gasteiger charge is -2.08. The van der Waals surface area contributed by atoms with Gasteiger partial charge in [0.1, 0.15) is 5.75 Å². The Kier molecular flexibility index (Phi) is 4.57. The Labute approximate surface area is 143 Å². The average Bonchev–Trinajstić information content (AvgIpc) is 2.93. The van der Waals surface area contributed by atoms with Crippen LogP contribution < -0.4 is 10.1 Å². The molecule has 24 heavy (non-hydrogen) atoms. The van der Waals surface area contributed by atoms with Crippen LogP contribution in [0.2, 0.25) is 0 Å². The predicted octanol–water partition coefficient (Wildman–Crippen LogP) is 3.82. The maximum Gasteiger partial charge on any atom is 0.264 e. The molecule has 1 N–H and O–H groups in total. The number of aryl methyl sites for hydroxylation is 1. The van der Waals surface area contributed by atoms with Crippen molar-refractivity contribution in [3.8, 4) is 5.75 Å². The Balaban J connectivity index is 1.67. The fourth-order valence-corrected chi connectivity index (χ4v) is 3.27. The smallest absolute Gasteiger partial charge is 0.264 e. The topological polar surface area (TPSA) is 68.3 Å². The summed E-state index contributed by atoms with van der Waals surface area (Å²) in [5.41, 5.74) is 0.623. The van der Waals surface area contributed by atoms with Crippen LogP contribution in [0.4, 0.5) is 5.13 Å². The standard InChI is InChI=1S/C18H16N2O3S/c1-11-17(12(2)21)24-18(19-11)20-16(22)10-23-15-9-5-7-13-6-3-4-8-14(13)15/h3-9H,10H2,1-2H3,(H,19,20,22). The Hall–Kier alpha value is -2.73. The van der Waals surface area contributed by atoms with Crippen molar-refractivity contribution in [2.45, 2.75) is 13.8 Å². The van der Waals surface area contributed by atoms with Crippen LogP contribution in [0.25, 0.3) is 10.8 Å². The molecular weight excluding hydrogens is 324 g/mol. The van der Waals surface area contributed by atoms with E-state index in [0.29, 0.717) is 21.5 Å². The quantitative estimate of drug-likeness (QED) is 0.717. The van der Waals surface area contributed by atoms with Gasteiger partial charge in [-0.15, -0.1) is 0 Å². The maximum atomic E-state index is 12.1. The molecule has 6 heteroatoms. The number of aromatic nitrogens is 1. The molecular formula is C18H16N2O3S. The molecule has 0 atom stereocenters. The van der Waals surface area contributed by atoms with Gasteiger partial charge in [-0.3, -0.25) is 14.9 Å². The van der Waals surface area contributed by atoms with Crippen LogP contribution >= 0.6 is 11.3 Å². The molecule has 122 valence electrons. The highest BCUT2D eigenvalue weighted by molar-refractivity contribution is 7.17. The Morgan fingerprint density at radius 2 is 1.92 bits per heavy atom. The van der Waals surface area contributed by atoms with Crippen LogP contribution in [0, 0.1) is 6.92 Å². The summed E-state index contributed by atoms with van der Waals surface area (Å²) in [6, 6.07) is 13.5. The summed E-state index contributed by atoms with van der Waals surface area (Å²) in [6.07, 6.45) is 0. The van der Waals surface area contributed by atoms with E-state index in [2.05, 4.69) is 10.3 Å². The average molecular weight is 340 g/mol. The van der Waals surface area contributed by atoms with Crippen LogP contribution in [-0.2, 0) is 4.79 Å². The highest BCUT2D eigenvalue weighted by Crippen LogP contribution is 2.25. The molecule has 0 radical (unpaired) electrons. The fraction of sp³-hybridized carbons (Fsp3) is 0.167. The number of benzene rings is 2. The van der Waals surface area contributed by atoms with E-state index in [9.17, 15) is 9.59 Å². The van der Waals surface area contributed by atoms with Gasteiger partial charge in [-0.2, -0.15) is 0 Å². The van der Waals surface area contributed by atoms with Gasteiger partial charge in [0, 0.05) is 12.3 Å². The van der Waals surface area contributed by atoms with Gasteiger partial charge in [0.25, 0.3) is 5.91 Å². The SMILES string of the molecule is CC(=O)c1sc(NC(=O)COc2cccc3ccccc23)nc1C. The zero-order chi connectivity index (χ0) is 17.1. The van der Waals surface area contributed by atoms with Gasteiger partial charge in [-0.05, 0) is 18.4 Å². The molecule has 3 rings (SSSR count). The number of carbonyl (C=O) groups excluding carboxylic acids is 2. The third kappa shape index (κ3) is 3.44. The molecule has 5 nitrogen and oxygen atoms in total. The summed E-state index contributed by atoms with van der Waals surface area (Å²) in [5, 5.41) is 5.08. The highest BCUT2D eigenvalue weighted by Gasteiger charge is 2.14. The van der Waals surface area contributed by atoms with Gasteiger partial charge in [0.15, 0.2) is 17.5 Å². The first-order valence-electron chi connectivity index (χ1n) is 7.43. The van der Waals surface area contributed by atoms with Crippen molar-refractivity contribution in [1.82, 2.24) is 4.98 Å². The molecule has 0 bridgehead atoms. The lowest BCUT2D eigenvalue weighted by Crippen LogP contribution is -2.20. The van der Waals surface area contributed by atoms with Gasteiger partial charge in [-0.25, -0.2) is 4.98 Å². The number of hydrogen-bond donors (Lipinski definition) is 1. The van der Waals surface area contributed by atoms with E-state index in [-0.39, 0.29) is 18.3 Å². The van der Waals surface area contributed by atoms with E-state index in [4.69, 9.17) is 4.74 Å². The molecule has 0 aliphatic carbocycles. The molecule has 0 saturated carbocycles. The summed E-state index contributed by atoms with van der Waals surface area (Å²) in [6.45, 7) is 3.10. The van der Waals surface area contributed by atoms with Crippen molar-refractivity contribution in [1.29, 1.82) is 0 Å². The number of nitrogens with zero attached hydrogens (tertiary/aromatic N) is 1. The van der Waals surface area contributed by atoms with Crippen molar-refractivity contribution in [3.63, 3.8) is 0 Å². The second kappa shape index (κ2) is 6.80.